The van der Waals surface area contributed by atoms with Crippen LogP contribution in [0, 0.1) is 5.92 Å². The van der Waals surface area contributed by atoms with Crippen molar-refractivity contribution in [3.8, 4) is 0 Å². The average molecular weight is 259 g/mol. The summed E-state index contributed by atoms with van der Waals surface area (Å²) in [5.41, 5.74) is 2.52. The number of rotatable bonds is 4. The molecule has 1 unspecified atom stereocenters. The van der Waals surface area contributed by atoms with Gasteiger partial charge < -0.3 is 10.1 Å². The molecule has 0 radical (unpaired) electrons. The van der Waals surface area contributed by atoms with E-state index < -0.39 is 0 Å². The van der Waals surface area contributed by atoms with Crippen LogP contribution in [0.4, 0.5) is 0 Å². The van der Waals surface area contributed by atoms with Crippen molar-refractivity contribution in [1.82, 2.24) is 14.9 Å². The van der Waals surface area contributed by atoms with E-state index in [0.717, 1.165) is 32.6 Å². The fraction of sp³-hybridized carbons (Fsp3) is 0.533. The van der Waals surface area contributed by atoms with Crippen molar-refractivity contribution in [3.05, 3.63) is 36.2 Å². The van der Waals surface area contributed by atoms with Crippen molar-refractivity contribution in [2.45, 2.75) is 25.8 Å². The minimum Gasteiger partial charge on any atom is -0.381 e. The quantitative estimate of drug-likeness (QED) is 0.916. The molecule has 3 heterocycles. The molecule has 0 spiro atoms. The standard InChI is InChI=1S/C15H21N3O/c1-2-16-15(12-6-9-19-10-7-12)13-11-17-18-8-4-3-5-14(13)18/h3-5,8,11-12,15-16H,2,6-7,9-10H2,1H3. The van der Waals surface area contributed by atoms with Crippen LogP contribution in [-0.4, -0.2) is 29.4 Å². The lowest BCUT2D eigenvalue weighted by atomic mass is 9.87. The summed E-state index contributed by atoms with van der Waals surface area (Å²) < 4.78 is 7.44. The second-order valence-corrected chi connectivity index (χ2v) is 5.12. The lowest BCUT2D eigenvalue weighted by Crippen LogP contribution is -2.32. The molecule has 2 aromatic rings. The normalized spacial score (nSPS) is 18.8. The van der Waals surface area contributed by atoms with Gasteiger partial charge in [0.05, 0.1) is 11.7 Å². The highest BCUT2D eigenvalue weighted by Gasteiger charge is 2.26. The van der Waals surface area contributed by atoms with E-state index in [0.29, 0.717) is 12.0 Å². The minimum atomic E-state index is 0.383. The summed E-state index contributed by atoms with van der Waals surface area (Å²) in [6, 6.07) is 6.62. The Bertz CT molecular complexity index is 531. The van der Waals surface area contributed by atoms with Crippen molar-refractivity contribution < 1.29 is 4.74 Å². The smallest absolute Gasteiger partial charge is 0.0709 e. The van der Waals surface area contributed by atoms with E-state index in [1.54, 1.807) is 0 Å². The third-order valence-electron chi connectivity index (χ3n) is 3.95. The highest BCUT2D eigenvalue weighted by molar-refractivity contribution is 5.55. The summed E-state index contributed by atoms with van der Waals surface area (Å²) >= 11 is 0. The van der Waals surface area contributed by atoms with Crippen molar-refractivity contribution in [3.63, 3.8) is 0 Å². The molecular weight excluding hydrogens is 238 g/mol. The summed E-state index contributed by atoms with van der Waals surface area (Å²) in [6.07, 6.45) is 6.27. The molecule has 1 atom stereocenters. The first-order valence-electron chi connectivity index (χ1n) is 7.13. The fourth-order valence-electron chi connectivity index (χ4n) is 2.99. The second kappa shape index (κ2) is 5.72. The largest absolute Gasteiger partial charge is 0.381 e. The van der Waals surface area contributed by atoms with Crippen LogP contribution in [0.1, 0.15) is 31.4 Å². The molecule has 4 heteroatoms. The maximum Gasteiger partial charge on any atom is 0.0709 e. The first-order valence-corrected chi connectivity index (χ1v) is 7.13. The minimum absolute atomic E-state index is 0.383. The second-order valence-electron chi connectivity index (χ2n) is 5.12. The lowest BCUT2D eigenvalue weighted by Gasteiger charge is -2.30. The molecule has 3 rings (SSSR count). The van der Waals surface area contributed by atoms with Gasteiger partial charge in [0.2, 0.25) is 0 Å². The molecular formula is C15H21N3O. The number of aromatic nitrogens is 2. The third-order valence-corrected chi connectivity index (χ3v) is 3.95. The van der Waals surface area contributed by atoms with E-state index in [2.05, 4.69) is 29.5 Å². The lowest BCUT2D eigenvalue weighted by molar-refractivity contribution is 0.0540. The van der Waals surface area contributed by atoms with E-state index in [4.69, 9.17) is 4.74 Å². The summed E-state index contributed by atoms with van der Waals surface area (Å²) in [6.45, 7) is 4.90. The van der Waals surface area contributed by atoms with Gasteiger partial charge in [0.1, 0.15) is 0 Å². The maximum atomic E-state index is 5.48. The SMILES string of the molecule is CCNC(c1cnn2ccccc12)C1CCOCC1. The highest BCUT2D eigenvalue weighted by Crippen LogP contribution is 2.32. The van der Waals surface area contributed by atoms with Crippen LogP contribution in [0.5, 0.6) is 0 Å². The van der Waals surface area contributed by atoms with Gasteiger partial charge >= 0.3 is 0 Å². The first kappa shape index (κ1) is 12.6. The summed E-state index contributed by atoms with van der Waals surface area (Å²) in [7, 11) is 0. The van der Waals surface area contributed by atoms with Crippen LogP contribution in [0.3, 0.4) is 0 Å². The molecule has 0 aliphatic carbocycles. The molecule has 102 valence electrons. The van der Waals surface area contributed by atoms with E-state index >= 15 is 0 Å². The number of nitrogens with one attached hydrogen (secondary N) is 1. The summed E-state index contributed by atoms with van der Waals surface area (Å²) in [5.74, 6) is 0.641. The van der Waals surface area contributed by atoms with Gasteiger partial charge in [-0.1, -0.05) is 13.0 Å². The van der Waals surface area contributed by atoms with Gasteiger partial charge in [0, 0.05) is 31.0 Å². The molecule has 1 aliphatic heterocycles. The predicted molar refractivity (Wildman–Crippen MR) is 75.2 cm³/mol. The molecule has 0 amide bonds. The van der Waals surface area contributed by atoms with Gasteiger partial charge in [-0.05, 0) is 37.4 Å². The Labute approximate surface area is 113 Å². The Balaban J connectivity index is 1.94. The van der Waals surface area contributed by atoms with Crippen molar-refractivity contribution in [2.75, 3.05) is 19.8 Å². The van der Waals surface area contributed by atoms with Crippen LogP contribution < -0.4 is 5.32 Å². The molecule has 2 aromatic heterocycles. The monoisotopic (exact) mass is 259 g/mol. The van der Waals surface area contributed by atoms with Gasteiger partial charge in [-0.2, -0.15) is 5.10 Å². The molecule has 1 aliphatic rings. The van der Waals surface area contributed by atoms with Gasteiger partial charge in [0.15, 0.2) is 0 Å². The van der Waals surface area contributed by atoms with Gasteiger partial charge in [-0.15, -0.1) is 0 Å². The molecule has 0 aromatic carbocycles. The number of ether oxygens (including phenoxy) is 1. The topological polar surface area (TPSA) is 38.6 Å². The van der Waals surface area contributed by atoms with Crippen molar-refractivity contribution in [1.29, 1.82) is 0 Å². The molecule has 19 heavy (non-hydrogen) atoms. The van der Waals surface area contributed by atoms with Gasteiger partial charge in [-0.3, -0.25) is 0 Å². The van der Waals surface area contributed by atoms with Crippen LogP contribution in [0.2, 0.25) is 0 Å². The highest BCUT2D eigenvalue weighted by atomic mass is 16.5. The Hall–Kier alpha value is -1.39. The molecule has 1 N–H and O–H groups in total. The zero-order valence-corrected chi connectivity index (χ0v) is 11.4. The van der Waals surface area contributed by atoms with Crippen molar-refractivity contribution >= 4 is 5.52 Å². The number of fused-ring (bicyclic) bond motifs is 1. The average Bonchev–Trinajstić information content (AvgIpc) is 2.89. The maximum absolute atomic E-state index is 5.48. The van der Waals surface area contributed by atoms with Crippen molar-refractivity contribution in [2.24, 2.45) is 5.92 Å². The molecule has 4 nitrogen and oxygen atoms in total. The Morgan fingerprint density at radius 1 is 1.42 bits per heavy atom. The van der Waals surface area contributed by atoms with E-state index in [1.807, 2.05) is 23.0 Å². The van der Waals surface area contributed by atoms with Crippen LogP contribution >= 0.6 is 0 Å². The molecule has 1 saturated heterocycles. The molecule has 0 bridgehead atoms. The van der Waals surface area contributed by atoms with E-state index in [-0.39, 0.29) is 0 Å². The van der Waals surface area contributed by atoms with Gasteiger partial charge in [-0.25, -0.2) is 4.52 Å². The Kier molecular flexibility index (Phi) is 3.80. The third kappa shape index (κ3) is 2.51. The molecule has 1 fully saturated rings. The number of pyridine rings is 1. The zero-order valence-electron chi connectivity index (χ0n) is 11.4. The van der Waals surface area contributed by atoms with Crippen LogP contribution in [-0.2, 0) is 4.74 Å². The fourth-order valence-corrected chi connectivity index (χ4v) is 2.99. The van der Waals surface area contributed by atoms with E-state index in [9.17, 15) is 0 Å². The number of hydrogen-bond acceptors (Lipinski definition) is 3. The molecule has 0 saturated carbocycles. The number of nitrogens with zero attached hydrogens (tertiary/aromatic N) is 2. The first-order chi connectivity index (χ1) is 9.40. The summed E-state index contributed by atoms with van der Waals surface area (Å²) in [5, 5.41) is 8.10. The predicted octanol–water partition coefficient (Wildman–Crippen LogP) is 2.41. The summed E-state index contributed by atoms with van der Waals surface area (Å²) in [4.78, 5) is 0. The Morgan fingerprint density at radius 2 is 2.26 bits per heavy atom. The van der Waals surface area contributed by atoms with Gasteiger partial charge in [0.25, 0.3) is 0 Å². The van der Waals surface area contributed by atoms with Crippen LogP contribution in [0.15, 0.2) is 30.6 Å². The Morgan fingerprint density at radius 3 is 3.05 bits per heavy atom. The van der Waals surface area contributed by atoms with E-state index in [1.165, 1.54) is 11.1 Å². The number of hydrogen-bond donors (Lipinski definition) is 1. The zero-order chi connectivity index (χ0) is 13.1. The van der Waals surface area contributed by atoms with Crippen LogP contribution in [0.25, 0.3) is 5.52 Å².